The van der Waals surface area contributed by atoms with Crippen LogP contribution >= 0.6 is 11.8 Å². The molecule has 0 saturated carbocycles. The molecule has 1 atom stereocenters. The SMILES string of the molecule is CSC(C)(C)CNC(C)CC1CCOCC1. The van der Waals surface area contributed by atoms with Crippen molar-refractivity contribution in [3.8, 4) is 0 Å². The van der Waals surface area contributed by atoms with E-state index in [2.05, 4.69) is 32.3 Å². The van der Waals surface area contributed by atoms with Crippen LogP contribution < -0.4 is 5.32 Å². The number of rotatable bonds is 6. The molecule has 0 bridgehead atoms. The highest BCUT2D eigenvalue weighted by molar-refractivity contribution is 7.99. The maximum Gasteiger partial charge on any atom is 0.0468 e. The van der Waals surface area contributed by atoms with E-state index >= 15 is 0 Å². The van der Waals surface area contributed by atoms with Crippen molar-refractivity contribution in [3.63, 3.8) is 0 Å². The molecule has 16 heavy (non-hydrogen) atoms. The molecule has 0 spiro atoms. The highest BCUT2D eigenvalue weighted by Crippen LogP contribution is 2.22. The predicted molar refractivity (Wildman–Crippen MR) is 73.2 cm³/mol. The fourth-order valence-electron chi connectivity index (χ4n) is 2.06. The van der Waals surface area contributed by atoms with Crippen molar-refractivity contribution in [2.24, 2.45) is 5.92 Å². The Morgan fingerprint density at radius 3 is 2.56 bits per heavy atom. The van der Waals surface area contributed by atoms with E-state index < -0.39 is 0 Å². The van der Waals surface area contributed by atoms with Crippen LogP contribution in [0.15, 0.2) is 0 Å². The summed E-state index contributed by atoms with van der Waals surface area (Å²) < 4.78 is 5.74. The van der Waals surface area contributed by atoms with Crippen LogP contribution in [-0.4, -0.2) is 36.8 Å². The molecule has 0 aromatic rings. The lowest BCUT2D eigenvalue weighted by Gasteiger charge is -2.28. The largest absolute Gasteiger partial charge is 0.381 e. The van der Waals surface area contributed by atoms with Crippen LogP contribution in [0.25, 0.3) is 0 Å². The molecule has 3 heteroatoms. The summed E-state index contributed by atoms with van der Waals surface area (Å²) in [5.41, 5.74) is 0. The van der Waals surface area contributed by atoms with Gasteiger partial charge in [0.25, 0.3) is 0 Å². The first-order valence-corrected chi connectivity index (χ1v) is 7.62. The van der Waals surface area contributed by atoms with Crippen molar-refractivity contribution in [3.05, 3.63) is 0 Å². The summed E-state index contributed by atoms with van der Waals surface area (Å²) in [6, 6.07) is 0.634. The number of thioether (sulfide) groups is 1. The predicted octanol–water partition coefficient (Wildman–Crippen LogP) is 2.92. The fraction of sp³-hybridized carbons (Fsp3) is 1.00. The van der Waals surface area contributed by atoms with Crippen molar-refractivity contribution >= 4 is 11.8 Å². The summed E-state index contributed by atoms with van der Waals surface area (Å²) >= 11 is 1.93. The monoisotopic (exact) mass is 245 g/mol. The van der Waals surface area contributed by atoms with Crippen LogP contribution in [0.2, 0.25) is 0 Å². The van der Waals surface area contributed by atoms with Gasteiger partial charge in [0.05, 0.1) is 0 Å². The number of hydrogen-bond acceptors (Lipinski definition) is 3. The van der Waals surface area contributed by atoms with Gasteiger partial charge >= 0.3 is 0 Å². The number of hydrogen-bond donors (Lipinski definition) is 1. The average molecular weight is 245 g/mol. The van der Waals surface area contributed by atoms with Crippen molar-refractivity contribution < 1.29 is 4.74 Å². The zero-order valence-corrected chi connectivity index (χ0v) is 12.0. The van der Waals surface area contributed by atoms with Gasteiger partial charge in [0.15, 0.2) is 0 Å². The molecular weight excluding hydrogens is 218 g/mol. The summed E-state index contributed by atoms with van der Waals surface area (Å²) in [6.45, 7) is 9.93. The van der Waals surface area contributed by atoms with Gasteiger partial charge in [-0.3, -0.25) is 0 Å². The Kier molecular flexibility index (Phi) is 6.16. The lowest BCUT2D eigenvalue weighted by atomic mass is 9.93. The molecule has 0 radical (unpaired) electrons. The molecule has 0 aromatic carbocycles. The third kappa shape index (κ3) is 5.55. The molecule has 1 saturated heterocycles. The first-order chi connectivity index (χ1) is 7.53. The molecule has 1 aliphatic rings. The lowest BCUT2D eigenvalue weighted by molar-refractivity contribution is 0.0611. The minimum absolute atomic E-state index is 0.351. The first-order valence-electron chi connectivity index (χ1n) is 6.40. The van der Waals surface area contributed by atoms with E-state index in [4.69, 9.17) is 4.74 Å². The van der Waals surface area contributed by atoms with Crippen LogP contribution in [-0.2, 0) is 4.74 Å². The molecular formula is C13H27NOS. The van der Waals surface area contributed by atoms with Crippen molar-refractivity contribution in [2.45, 2.75) is 50.8 Å². The minimum Gasteiger partial charge on any atom is -0.381 e. The van der Waals surface area contributed by atoms with Gasteiger partial charge in [-0.2, -0.15) is 11.8 Å². The number of ether oxygens (including phenoxy) is 1. The van der Waals surface area contributed by atoms with Crippen LogP contribution in [0.4, 0.5) is 0 Å². The molecule has 1 heterocycles. The maximum absolute atomic E-state index is 5.39. The van der Waals surface area contributed by atoms with Gasteiger partial charge in [0.1, 0.15) is 0 Å². The standard InChI is InChI=1S/C13H27NOS/c1-11(14-10-13(2,3)16-4)9-12-5-7-15-8-6-12/h11-12,14H,5-10H2,1-4H3. The highest BCUT2D eigenvalue weighted by Gasteiger charge is 2.19. The normalized spacial score (nSPS) is 21.0. The molecule has 1 unspecified atom stereocenters. The number of nitrogens with one attached hydrogen (secondary N) is 1. The molecule has 2 nitrogen and oxygen atoms in total. The molecule has 1 fully saturated rings. The van der Waals surface area contributed by atoms with Crippen LogP contribution in [0.3, 0.4) is 0 Å². The summed E-state index contributed by atoms with van der Waals surface area (Å²) in [7, 11) is 0. The second kappa shape index (κ2) is 6.87. The maximum atomic E-state index is 5.39. The van der Waals surface area contributed by atoms with Crippen LogP contribution in [0.5, 0.6) is 0 Å². The summed E-state index contributed by atoms with van der Waals surface area (Å²) in [5, 5.41) is 3.66. The van der Waals surface area contributed by atoms with Crippen LogP contribution in [0, 0.1) is 5.92 Å². The molecule has 1 rings (SSSR count). The van der Waals surface area contributed by atoms with E-state index in [0.717, 1.165) is 25.7 Å². The van der Waals surface area contributed by atoms with Gasteiger partial charge in [-0.15, -0.1) is 0 Å². The van der Waals surface area contributed by atoms with Gasteiger partial charge in [-0.05, 0) is 52.2 Å². The smallest absolute Gasteiger partial charge is 0.0468 e. The lowest BCUT2D eigenvalue weighted by Crippen LogP contribution is -2.38. The van der Waals surface area contributed by atoms with Gasteiger partial charge in [-0.25, -0.2) is 0 Å². The zero-order valence-electron chi connectivity index (χ0n) is 11.2. The van der Waals surface area contributed by atoms with Gasteiger partial charge in [0.2, 0.25) is 0 Å². The van der Waals surface area contributed by atoms with E-state index in [0.29, 0.717) is 10.8 Å². The minimum atomic E-state index is 0.351. The van der Waals surface area contributed by atoms with Gasteiger partial charge in [0, 0.05) is 30.5 Å². The Balaban J connectivity index is 2.17. The van der Waals surface area contributed by atoms with E-state index in [1.165, 1.54) is 19.3 Å². The summed E-state index contributed by atoms with van der Waals surface area (Å²) in [6.07, 6.45) is 5.98. The van der Waals surface area contributed by atoms with E-state index in [-0.39, 0.29) is 0 Å². The van der Waals surface area contributed by atoms with Crippen LogP contribution in [0.1, 0.15) is 40.0 Å². The van der Waals surface area contributed by atoms with E-state index in [1.54, 1.807) is 0 Å². The molecule has 96 valence electrons. The Hall–Kier alpha value is 0.270. The van der Waals surface area contributed by atoms with E-state index in [1.807, 2.05) is 11.8 Å². The molecule has 0 aromatic heterocycles. The third-order valence-corrected chi connectivity index (χ3v) is 4.71. The van der Waals surface area contributed by atoms with E-state index in [9.17, 15) is 0 Å². The Bertz CT molecular complexity index is 190. The molecule has 1 N–H and O–H groups in total. The summed E-state index contributed by atoms with van der Waals surface area (Å²) in [4.78, 5) is 0. The second-order valence-corrected chi connectivity index (χ2v) is 7.05. The third-order valence-electron chi connectivity index (χ3n) is 3.46. The Labute approximate surface area is 105 Å². The average Bonchev–Trinajstić information content (AvgIpc) is 2.28. The zero-order chi connectivity index (χ0) is 12.0. The highest BCUT2D eigenvalue weighted by atomic mass is 32.2. The second-order valence-electron chi connectivity index (χ2n) is 5.54. The van der Waals surface area contributed by atoms with Crippen molar-refractivity contribution in [1.82, 2.24) is 5.32 Å². The van der Waals surface area contributed by atoms with Gasteiger partial charge < -0.3 is 10.1 Å². The Morgan fingerprint density at radius 1 is 1.38 bits per heavy atom. The topological polar surface area (TPSA) is 21.3 Å². The fourth-order valence-corrected chi connectivity index (χ4v) is 2.29. The molecule has 1 aliphatic heterocycles. The summed E-state index contributed by atoms with van der Waals surface area (Å²) in [5.74, 6) is 0.869. The first kappa shape index (κ1) is 14.3. The van der Waals surface area contributed by atoms with Gasteiger partial charge in [-0.1, -0.05) is 0 Å². The Morgan fingerprint density at radius 2 is 2.00 bits per heavy atom. The molecule has 0 amide bonds. The van der Waals surface area contributed by atoms with Crippen molar-refractivity contribution in [2.75, 3.05) is 26.0 Å². The quantitative estimate of drug-likeness (QED) is 0.777. The molecule has 0 aliphatic carbocycles. The van der Waals surface area contributed by atoms with Crippen molar-refractivity contribution in [1.29, 1.82) is 0 Å².